The maximum Gasteiger partial charge on any atom is 0.220 e. The second kappa shape index (κ2) is 7.42. The number of imidazole rings is 1. The van der Waals surface area contributed by atoms with Crippen molar-refractivity contribution in [2.24, 2.45) is 7.05 Å². The van der Waals surface area contributed by atoms with Crippen LogP contribution in [0.25, 0.3) is 11.0 Å². The van der Waals surface area contributed by atoms with E-state index in [0.717, 1.165) is 36.1 Å². The number of amides is 1. The van der Waals surface area contributed by atoms with E-state index in [-0.39, 0.29) is 5.91 Å². The minimum atomic E-state index is 0.126. The predicted molar refractivity (Wildman–Crippen MR) is 94.7 cm³/mol. The quantitative estimate of drug-likeness (QED) is 0.677. The molecule has 0 fully saturated rings. The van der Waals surface area contributed by atoms with Gasteiger partial charge < -0.3 is 9.88 Å². The topological polar surface area (TPSA) is 46.9 Å². The second-order valence-corrected chi connectivity index (χ2v) is 6.44. The molecule has 3 aromatic rings. The molecule has 3 rings (SSSR count). The van der Waals surface area contributed by atoms with Crippen LogP contribution in [0.4, 0.5) is 0 Å². The molecule has 0 atom stereocenters. The number of aromatic nitrogens is 2. The summed E-state index contributed by atoms with van der Waals surface area (Å²) in [5, 5.41) is 7.14. The molecule has 1 N–H and O–H groups in total. The Morgan fingerprint density at radius 1 is 1.26 bits per heavy atom. The highest BCUT2D eigenvalue weighted by Gasteiger charge is 2.07. The molecule has 0 aliphatic heterocycles. The molecule has 4 nitrogen and oxygen atoms in total. The Kier molecular flexibility index (Phi) is 5.08. The van der Waals surface area contributed by atoms with Gasteiger partial charge in [0.1, 0.15) is 5.82 Å². The van der Waals surface area contributed by atoms with Gasteiger partial charge in [0.15, 0.2) is 0 Å². The van der Waals surface area contributed by atoms with Gasteiger partial charge in [0.25, 0.3) is 0 Å². The number of hydrogen-bond donors (Lipinski definition) is 1. The number of benzene rings is 1. The molecule has 1 aromatic carbocycles. The molecule has 23 heavy (non-hydrogen) atoms. The molecule has 0 saturated carbocycles. The average molecular weight is 327 g/mol. The van der Waals surface area contributed by atoms with Crippen molar-refractivity contribution >= 4 is 28.3 Å². The third-order valence-corrected chi connectivity index (χ3v) is 4.73. The van der Waals surface area contributed by atoms with Crippen LogP contribution in [0.15, 0.2) is 41.1 Å². The maximum absolute atomic E-state index is 11.8. The molecule has 0 saturated heterocycles. The van der Waals surface area contributed by atoms with E-state index < -0.39 is 0 Å². The minimum absolute atomic E-state index is 0.126. The Hall–Kier alpha value is -2.14. The molecule has 0 aliphatic rings. The number of rotatable bonds is 7. The van der Waals surface area contributed by atoms with Crippen molar-refractivity contribution in [3.63, 3.8) is 0 Å². The number of carbonyl (C=O) groups is 1. The molecule has 2 heterocycles. The monoisotopic (exact) mass is 327 g/mol. The molecule has 0 bridgehead atoms. The summed E-state index contributed by atoms with van der Waals surface area (Å²) in [5.41, 5.74) is 3.43. The van der Waals surface area contributed by atoms with Crippen LogP contribution in [0.5, 0.6) is 0 Å². The molecule has 0 aliphatic carbocycles. The van der Waals surface area contributed by atoms with Crippen LogP contribution in [0.1, 0.15) is 24.2 Å². The van der Waals surface area contributed by atoms with Crippen molar-refractivity contribution in [1.29, 1.82) is 0 Å². The molecule has 0 spiro atoms. The summed E-state index contributed by atoms with van der Waals surface area (Å²) in [7, 11) is 2.05. The Labute approximate surface area is 140 Å². The zero-order chi connectivity index (χ0) is 16.1. The van der Waals surface area contributed by atoms with Crippen molar-refractivity contribution < 1.29 is 4.79 Å². The first-order valence-corrected chi connectivity index (χ1v) is 8.86. The molecular weight excluding hydrogens is 306 g/mol. The number of thiophene rings is 1. The first-order valence-electron chi connectivity index (χ1n) is 7.92. The highest BCUT2D eigenvalue weighted by Crippen LogP contribution is 2.15. The number of para-hydroxylation sites is 2. The largest absolute Gasteiger partial charge is 0.356 e. The average Bonchev–Trinajstić information content (AvgIpc) is 3.19. The third kappa shape index (κ3) is 3.99. The van der Waals surface area contributed by atoms with Crippen molar-refractivity contribution in [1.82, 2.24) is 14.9 Å². The first kappa shape index (κ1) is 15.7. The van der Waals surface area contributed by atoms with Gasteiger partial charge in [0.2, 0.25) is 5.91 Å². The van der Waals surface area contributed by atoms with E-state index in [9.17, 15) is 4.79 Å². The molecule has 1 amide bonds. The summed E-state index contributed by atoms with van der Waals surface area (Å²) in [6.45, 7) is 0.700. The van der Waals surface area contributed by atoms with Crippen molar-refractivity contribution in [3.05, 3.63) is 52.5 Å². The van der Waals surface area contributed by atoms with Gasteiger partial charge in [-0.1, -0.05) is 12.1 Å². The maximum atomic E-state index is 11.8. The summed E-state index contributed by atoms with van der Waals surface area (Å²) < 4.78 is 2.13. The second-order valence-electron chi connectivity index (χ2n) is 5.66. The highest BCUT2D eigenvalue weighted by molar-refractivity contribution is 7.07. The van der Waals surface area contributed by atoms with Crippen molar-refractivity contribution in [2.75, 3.05) is 6.54 Å². The fourth-order valence-electron chi connectivity index (χ4n) is 2.67. The van der Waals surface area contributed by atoms with Crippen LogP contribution in [0.3, 0.4) is 0 Å². The first-order chi connectivity index (χ1) is 11.2. The smallest absolute Gasteiger partial charge is 0.220 e. The van der Waals surface area contributed by atoms with E-state index in [1.807, 2.05) is 30.6 Å². The van der Waals surface area contributed by atoms with Crippen molar-refractivity contribution in [3.8, 4) is 0 Å². The van der Waals surface area contributed by atoms with Gasteiger partial charge in [-0.05, 0) is 47.4 Å². The van der Waals surface area contributed by atoms with Crippen LogP contribution in [0.2, 0.25) is 0 Å². The lowest BCUT2D eigenvalue weighted by Gasteiger charge is -2.05. The van der Waals surface area contributed by atoms with Crippen molar-refractivity contribution in [2.45, 2.75) is 25.7 Å². The fraction of sp³-hybridized carbons (Fsp3) is 0.333. The molecule has 2 aromatic heterocycles. The Morgan fingerprint density at radius 2 is 2.13 bits per heavy atom. The van der Waals surface area contributed by atoms with Crippen LogP contribution in [-0.4, -0.2) is 22.0 Å². The number of carbonyl (C=O) groups excluding carboxylic acids is 1. The number of nitrogens with zero attached hydrogens (tertiary/aromatic N) is 2. The standard InChI is InChI=1S/C18H21N3OS/c1-21-16-6-3-2-5-15(16)20-17(21)7-4-11-19-18(22)9-8-14-10-12-23-13-14/h2-3,5-6,10,12-13H,4,7-9,11H2,1H3,(H,19,22). The molecule has 120 valence electrons. The van der Waals surface area contributed by atoms with E-state index in [2.05, 4.69) is 32.4 Å². The van der Waals surface area contributed by atoms with Gasteiger partial charge in [-0.15, -0.1) is 0 Å². The lowest BCUT2D eigenvalue weighted by Crippen LogP contribution is -2.25. The number of fused-ring (bicyclic) bond motifs is 1. The lowest BCUT2D eigenvalue weighted by atomic mass is 10.2. The van der Waals surface area contributed by atoms with Gasteiger partial charge >= 0.3 is 0 Å². The van der Waals surface area contributed by atoms with E-state index in [4.69, 9.17) is 0 Å². The van der Waals surface area contributed by atoms with Crippen LogP contribution >= 0.6 is 11.3 Å². The zero-order valence-electron chi connectivity index (χ0n) is 13.3. The molecule has 0 unspecified atom stereocenters. The van der Waals surface area contributed by atoms with Crippen LogP contribution in [-0.2, 0) is 24.7 Å². The summed E-state index contributed by atoms with van der Waals surface area (Å²) in [5.74, 6) is 1.19. The van der Waals surface area contributed by atoms with Gasteiger partial charge in [-0.25, -0.2) is 4.98 Å². The Morgan fingerprint density at radius 3 is 2.91 bits per heavy atom. The van der Waals surface area contributed by atoms with Gasteiger partial charge in [-0.2, -0.15) is 11.3 Å². The fourth-order valence-corrected chi connectivity index (χ4v) is 3.38. The van der Waals surface area contributed by atoms with Crippen LogP contribution < -0.4 is 5.32 Å². The van der Waals surface area contributed by atoms with Gasteiger partial charge in [0, 0.05) is 26.4 Å². The van der Waals surface area contributed by atoms with E-state index in [1.54, 1.807) is 11.3 Å². The predicted octanol–water partition coefficient (Wildman–Crippen LogP) is 3.32. The minimum Gasteiger partial charge on any atom is -0.356 e. The molecular formula is C18H21N3OS. The zero-order valence-corrected chi connectivity index (χ0v) is 14.1. The SMILES string of the molecule is Cn1c(CCCNC(=O)CCc2ccsc2)nc2ccccc21. The van der Waals surface area contributed by atoms with E-state index >= 15 is 0 Å². The summed E-state index contributed by atoms with van der Waals surface area (Å²) in [6, 6.07) is 10.2. The van der Waals surface area contributed by atoms with E-state index in [1.165, 1.54) is 5.56 Å². The normalized spacial score (nSPS) is 11.0. The lowest BCUT2D eigenvalue weighted by molar-refractivity contribution is -0.121. The van der Waals surface area contributed by atoms with Gasteiger partial charge in [0.05, 0.1) is 11.0 Å². The summed E-state index contributed by atoms with van der Waals surface area (Å²) in [4.78, 5) is 16.5. The summed E-state index contributed by atoms with van der Waals surface area (Å²) >= 11 is 1.67. The molecule has 5 heteroatoms. The highest BCUT2D eigenvalue weighted by atomic mass is 32.1. The number of aryl methyl sites for hydroxylation is 3. The summed E-state index contributed by atoms with van der Waals surface area (Å²) in [6.07, 6.45) is 3.15. The van der Waals surface area contributed by atoms with E-state index in [0.29, 0.717) is 13.0 Å². The van der Waals surface area contributed by atoms with Gasteiger partial charge in [-0.3, -0.25) is 4.79 Å². The number of nitrogens with one attached hydrogen (secondary N) is 1. The Bertz CT molecular complexity index is 777. The van der Waals surface area contributed by atoms with Crippen LogP contribution in [0, 0.1) is 0 Å². The molecule has 0 radical (unpaired) electrons. The number of hydrogen-bond acceptors (Lipinski definition) is 3. The Balaban J connectivity index is 1.42. The third-order valence-electron chi connectivity index (χ3n) is 4.00.